The summed E-state index contributed by atoms with van der Waals surface area (Å²) in [6.07, 6.45) is 5.60. The van der Waals surface area contributed by atoms with Crippen LogP contribution in [0, 0.1) is 6.92 Å². The number of anilines is 1. The first-order valence-corrected chi connectivity index (χ1v) is 8.12. The van der Waals surface area contributed by atoms with Crippen LogP contribution in [0.15, 0.2) is 49.2 Å². The number of Topliss-reactive ketones (excluding diaryl/α,β-unsaturated/α-hetero) is 1. The van der Waals surface area contributed by atoms with Gasteiger partial charge in [-0.05, 0) is 25.8 Å². The molecule has 128 valence electrons. The number of aryl methyl sites for hydroxylation is 2. The second-order valence-corrected chi connectivity index (χ2v) is 5.80. The molecular formula is C18H20N6O. The van der Waals surface area contributed by atoms with Crippen molar-refractivity contribution in [3.8, 4) is 0 Å². The molecule has 2 aromatic heterocycles. The Kier molecular flexibility index (Phi) is 5.13. The molecule has 3 rings (SSSR count). The van der Waals surface area contributed by atoms with Crippen molar-refractivity contribution in [2.24, 2.45) is 0 Å². The van der Waals surface area contributed by atoms with E-state index in [0.29, 0.717) is 17.2 Å². The van der Waals surface area contributed by atoms with E-state index < -0.39 is 0 Å². The summed E-state index contributed by atoms with van der Waals surface area (Å²) in [4.78, 5) is 24.2. The minimum absolute atomic E-state index is 0.0213. The Hall–Kier alpha value is -3.09. The second-order valence-electron chi connectivity index (χ2n) is 5.80. The summed E-state index contributed by atoms with van der Waals surface area (Å²) < 4.78 is 1.79. The molecule has 1 unspecified atom stereocenters. The third kappa shape index (κ3) is 4.26. The van der Waals surface area contributed by atoms with Gasteiger partial charge in [-0.25, -0.2) is 15.0 Å². The number of rotatable bonds is 7. The SMILES string of the molecule is CC(=O)c1cnc(NC(CCn2cncn2)c2ccccc2)nc1C. The van der Waals surface area contributed by atoms with Crippen LogP contribution in [0.4, 0.5) is 5.95 Å². The lowest BCUT2D eigenvalue weighted by atomic mass is 10.0. The lowest BCUT2D eigenvalue weighted by molar-refractivity contribution is 0.101. The Bertz CT molecular complexity index is 832. The molecule has 0 aliphatic carbocycles. The van der Waals surface area contributed by atoms with Crippen molar-refractivity contribution in [2.75, 3.05) is 5.32 Å². The molecule has 0 saturated carbocycles. The Morgan fingerprint density at radius 2 is 2.08 bits per heavy atom. The number of hydrogen-bond acceptors (Lipinski definition) is 6. The Labute approximate surface area is 146 Å². The zero-order valence-electron chi connectivity index (χ0n) is 14.3. The number of aromatic nitrogens is 5. The van der Waals surface area contributed by atoms with Gasteiger partial charge >= 0.3 is 0 Å². The topological polar surface area (TPSA) is 85.6 Å². The van der Waals surface area contributed by atoms with E-state index in [2.05, 4.69) is 37.5 Å². The molecule has 0 fully saturated rings. The third-order valence-electron chi connectivity index (χ3n) is 3.98. The standard InChI is InChI=1S/C18H20N6O/c1-13-16(14(2)25)10-20-18(22-13)23-17(15-6-4-3-5-7-15)8-9-24-12-19-11-21-24/h3-7,10-12,17H,8-9H2,1-2H3,(H,20,22,23). The fraction of sp³-hybridized carbons (Fsp3) is 0.278. The number of benzene rings is 1. The molecule has 1 aromatic carbocycles. The van der Waals surface area contributed by atoms with Gasteiger partial charge in [0.25, 0.3) is 0 Å². The summed E-state index contributed by atoms with van der Waals surface area (Å²) in [6.45, 7) is 4.05. The number of ketones is 1. The van der Waals surface area contributed by atoms with Crippen molar-refractivity contribution < 1.29 is 4.79 Å². The monoisotopic (exact) mass is 336 g/mol. The predicted molar refractivity (Wildman–Crippen MR) is 94.2 cm³/mol. The Morgan fingerprint density at radius 3 is 2.72 bits per heavy atom. The zero-order chi connectivity index (χ0) is 17.6. The van der Waals surface area contributed by atoms with E-state index in [4.69, 9.17) is 0 Å². The van der Waals surface area contributed by atoms with E-state index in [1.807, 2.05) is 25.1 Å². The highest BCUT2D eigenvalue weighted by atomic mass is 16.1. The molecule has 0 bridgehead atoms. The van der Waals surface area contributed by atoms with E-state index >= 15 is 0 Å². The quantitative estimate of drug-likeness (QED) is 0.668. The van der Waals surface area contributed by atoms with Crippen LogP contribution in [0.2, 0.25) is 0 Å². The molecule has 0 spiro atoms. The number of carbonyl (C=O) groups is 1. The van der Waals surface area contributed by atoms with Crippen molar-refractivity contribution in [2.45, 2.75) is 32.9 Å². The number of hydrogen-bond donors (Lipinski definition) is 1. The summed E-state index contributed by atoms with van der Waals surface area (Å²) in [5.74, 6) is 0.477. The van der Waals surface area contributed by atoms with Crippen molar-refractivity contribution in [3.05, 3.63) is 66.0 Å². The van der Waals surface area contributed by atoms with Crippen LogP contribution in [-0.4, -0.2) is 30.5 Å². The number of nitrogens with one attached hydrogen (secondary N) is 1. The van der Waals surface area contributed by atoms with E-state index in [9.17, 15) is 4.79 Å². The molecule has 7 heteroatoms. The number of carbonyl (C=O) groups excluding carboxylic acids is 1. The van der Waals surface area contributed by atoms with Gasteiger partial charge in [-0.15, -0.1) is 0 Å². The van der Waals surface area contributed by atoms with Crippen LogP contribution in [-0.2, 0) is 6.54 Å². The molecule has 0 radical (unpaired) electrons. The van der Waals surface area contributed by atoms with Crippen LogP contribution in [0.25, 0.3) is 0 Å². The van der Waals surface area contributed by atoms with Gasteiger partial charge in [0, 0.05) is 12.7 Å². The molecule has 1 atom stereocenters. The molecule has 1 N–H and O–H groups in total. The normalized spacial score (nSPS) is 11.9. The van der Waals surface area contributed by atoms with Gasteiger partial charge in [0.2, 0.25) is 5.95 Å². The van der Waals surface area contributed by atoms with Gasteiger partial charge in [-0.2, -0.15) is 5.10 Å². The third-order valence-corrected chi connectivity index (χ3v) is 3.98. The largest absolute Gasteiger partial charge is 0.347 e. The maximum Gasteiger partial charge on any atom is 0.223 e. The van der Waals surface area contributed by atoms with Crippen molar-refractivity contribution in [3.63, 3.8) is 0 Å². The minimum atomic E-state index is -0.0326. The van der Waals surface area contributed by atoms with E-state index in [1.165, 1.54) is 13.3 Å². The van der Waals surface area contributed by atoms with E-state index in [-0.39, 0.29) is 11.8 Å². The summed E-state index contributed by atoms with van der Waals surface area (Å²) in [7, 11) is 0. The van der Waals surface area contributed by atoms with Crippen LogP contribution in [0.3, 0.4) is 0 Å². The summed E-state index contributed by atoms with van der Waals surface area (Å²) in [5.41, 5.74) is 2.36. The van der Waals surface area contributed by atoms with Crippen molar-refractivity contribution in [1.82, 2.24) is 24.7 Å². The smallest absolute Gasteiger partial charge is 0.223 e. The molecule has 0 amide bonds. The maximum atomic E-state index is 11.5. The highest BCUT2D eigenvalue weighted by Crippen LogP contribution is 2.22. The van der Waals surface area contributed by atoms with Gasteiger partial charge in [0.05, 0.1) is 17.3 Å². The predicted octanol–water partition coefficient (Wildman–Crippen LogP) is 2.82. The van der Waals surface area contributed by atoms with Gasteiger partial charge in [0.1, 0.15) is 12.7 Å². The van der Waals surface area contributed by atoms with Gasteiger partial charge in [-0.1, -0.05) is 30.3 Å². The molecule has 25 heavy (non-hydrogen) atoms. The molecular weight excluding hydrogens is 316 g/mol. The first-order valence-electron chi connectivity index (χ1n) is 8.12. The van der Waals surface area contributed by atoms with Gasteiger partial charge in [0.15, 0.2) is 5.78 Å². The highest BCUT2D eigenvalue weighted by Gasteiger charge is 2.14. The maximum absolute atomic E-state index is 11.5. The molecule has 0 aliphatic heterocycles. The molecule has 0 saturated heterocycles. The van der Waals surface area contributed by atoms with Crippen LogP contribution >= 0.6 is 0 Å². The Morgan fingerprint density at radius 1 is 1.28 bits per heavy atom. The first kappa shape index (κ1) is 16.8. The Balaban J connectivity index is 1.79. The second kappa shape index (κ2) is 7.65. The molecule has 0 aliphatic rings. The average molecular weight is 336 g/mol. The summed E-state index contributed by atoms with van der Waals surface area (Å²) in [6, 6.07) is 10.1. The molecule has 3 aromatic rings. The lowest BCUT2D eigenvalue weighted by Crippen LogP contribution is -2.16. The van der Waals surface area contributed by atoms with Gasteiger partial charge < -0.3 is 5.32 Å². The van der Waals surface area contributed by atoms with E-state index in [1.54, 1.807) is 17.2 Å². The molecule has 7 nitrogen and oxygen atoms in total. The number of nitrogens with zero attached hydrogens (tertiary/aromatic N) is 5. The van der Waals surface area contributed by atoms with Gasteiger partial charge in [-0.3, -0.25) is 9.48 Å². The summed E-state index contributed by atoms with van der Waals surface area (Å²) in [5, 5.41) is 7.51. The minimum Gasteiger partial charge on any atom is -0.347 e. The fourth-order valence-electron chi connectivity index (χ4n) is 2.66. The van der Waals surface area contributed by atoms with Crippen molar-refractivity contribution >= 4 is 11.7 Å². The van der Waals surface area contributed by atoms with Crippen LogP contribution in [0.5, 0.6) is 0 Å². The zero-order valence-corrected chi connectivity index (χ0v) is 14.3. The average Bonchev–Trinajstić information content (AvgIpc) is 3.12. The summed E-state index contributed by atoms with van der Waals surface area (Å²) >= 11 is 0. The molecule has 2 heterocycles. The van der Waals surface area contributed by atoms with Crippen molar-refractivity contribution in [1.29, 1.82) is 0 Å². The van der Waals surface area contributed by atoms with Crippen LogP contribution < -0.4 is 5.32 Å². The lowest BCUT2D eigenvalue weighted by Gasteiger charge is -2.19. The van der Waals surface area contributed by atoms with E-state index in [0.717, 1.165) is 18.5 Å². The first-order chi connectivity index (χ1) is 12.1. The highest BCUT2D eigenvalue weighted by molar-refractivity contribution is 5.94. The fourth-order valence-corrected chi connectivity index (χ4v) is 2.66. The van der Waals surface area contributed by atoms with Crippen LogP contribution in [0.1, 0.15) is 41.0 Å².